The van der Waals surface area contributed by atoms with E-state index in [1.165, 1.54) is 0 Å². The van der Waals surface area contributed by atoms with Gasteiger partial charge in [0.1, 0.15) is 0 Å². The van der Waals surface area contributed by atoms with Crippen LogP contribution in [0.3, 0.4) is 0 Å². The summed E-state index contributed by atoms with van der Waals surface area (Å²) >= 11 is 0. The van der Waals surface area contributed by atoms with Crippen molar-refractivity contribution in [3.8, 4) is 0 Å². The van der Waals surface area contributed by atoms with Crippen LogP contribution < -0.4 is 0 Å². The third-order valence-corrected chi connectivity index (χ3v) is 2.73. The second kappa shape index (κ2) is 4.61. The summed E-state index contributed by atoms with van der Waals surface area (Å²) in [6.07, 6.45) is 2.00. The lowest BCUT2D eigenvalue weighted by molar-refractivity contribution is -0.152. The van der Waals surface area contributed by atoms with E-state index in [0.29, 0.717) is 6.61 Å². The standard InChI is InChI=1S/C10H18O3/c1-3-13-10(12)9-5-4-8(11)6-7(9)2/h7-9,11H,3-6H2,1-2H3/t7-,8?,9-/m1/s1. The number of hydrogen-bond acceptors (Lipinski definition) is 3. The minimum absolute atomic E-state index is 0.00310. The Labute approximate surface area is 79.1 Å². The Kier molecular flexibility index (Phi) is 3.72. The number of ether oxygens (including phenoxy) is 1. The molecule has 0 radical (unpaired) electrons. The predicted molar refractivity (Wildman–Crippen MR) is 49.1 cm³/mol. The van der Waals surface area contributed by atoms with Gasteiger partial charge < -0.3 is 9.84 Å². The molecule has 0 amide bonds. The zero-order valence-electron chi connectivity index (χ0n) is 8.32. The fraction of sp³-hybridized carbons (Fsp3) is 0.900. The van der Waals surface area contributed by atoms with E-state index >= 15 is 0 Å². The normalized spacial score (nSPS) is 34.2. The minimum Gasteiger partial charge on any atom is -0.466 e. The van der Waals surface area contributed by atoms with Crippen LogP contribution in [0, 0.1) is 11.8 Å². The number of hydrogen-bond donors (Lipinski definition) is 1. The van der Waals surface area contributed by atoms with Crippen LogP contribution in [-0.4, -0.2) is 23.8 Å². The average Bonchev–Trinajstić information content (AvgIpc) is 2.04. The minimum atomic E-state index is -0.222. The molecule has 1 aliphatic rings. The number of esters is 1. The van der Waals surface area contributed by atoms with Gasteiger partial charge in [0.15, 0.2) is 0 Å². The molecule has 1 unspecified atom stereocenters. The molecule has 76 valence electrons. The summed E-state index contributed by atoms with van der Waals surface area (Å²) in [5.74, 6) is 0.160. The van der Waals surface area contributed by atoms with Gasteiger partial charge in [-0.25, -0.2) is 0 Å². The number of aliphatic hydroxyl groups excluding tert-OH is 1. The van der Waals surface area contributed by atoms with E-state index in [2.05, 4.69) is 0 Å². The Hall–Kier alpha value is -0.570. The van der Waals surface area contributed by atoms with E-state index in [0.717, 1.165) is 19.3 Å². The van der Waals surface area contributed by atoms with Gasteiger partial charge in [0.25, 0.3) is 0 Å². The molecule has 1 aliphatic carbocycles. The fourth-order valence-corrected chi connectivity index (χ4v) is 1.97. The molecule has 1 rings (SSSR count). The fourth-order valence-electron chi connectivity index (χ4n) is 1.97. The predicted octanol–water partition coefficient (Wildman–Crippen LogP) is 1.35. The van der Waals surface area contributed by atoms with E-state index in [1.807, 2.05) is 13.8 Å². The molecule has 13 heavy (non-hydrogen) atoms. The Morgan fingerprint density at radius 3 is 2.77 bits per heavy atom. The maximum Gasteiger partial charge on any atom is 0.309 e. The van der Waals surface area contributed by atoms with E-state index in [1.54, 1.807) is 0 Å². The van der Waals surface area contributed by atoms with Crippen LogP contribution in [0.15, 0.2) is 0 Å². The van der Waals surface area contributed by atoms with Crippen LogP contribution in [0.1, 0.15) is 33.1 Å². The Morgan fingerprint density at radius 2 is 2.23 bits per heavy atom. The first-order valence-electron chi connectivity index (χ1n) is 4.99. The van der Waals surface area contributed by atoms with Crippen molar-refractivity contribution in [2.45, 2.75) is 39.2 Å². The molecular weight excluding hydrogens is 168 g/mol. The molecule has 0 heterocycles. The lowest BCUT2D eigenvalue weighted by Gasteiger charge is -2.29. The molecule has 0 spiro atoms. The van der Waals surface area contributed by atoms with Gasteiger partial charge in [0, 0.05) is 0 Å². The van der Waals surface area contributed by atoms with Crippen molar-refractivity contribution < 1.29 is 14.6 Å². The number of aliphatic hydroxyl groups is 1. The molecule has 3 heteroatoms. The first kappa shape index (κ1) is 10.5. The van der Waals surface area contributed by atoms with Crippen LogP contribution in [0.2, 0.25) is 0 Å². The van der Waals surface area contributed by atoms with Gasteiger partial charge in [-0.15, -0.1) is 0 Å². The summed E-state index contributed by atoms with van der Waals surface area (Å²) in [6.45, 7) is 4.27. The highest BCUT2D eigenvalue weighted by molar-refractivity contribution is 5.72. The van der Waals surface area contributed by atoms with Crippen molar-refractivity contribution >= 4 is 5.97 Å². The van der Waals surface area contributed by atoms with Crippen LogP contribution in [0.25, 0.3) is 0 Å². The molecule has 1 fully saturated rings. The third-order valence-electron chi connectivity index (χ3n) is 2.73. The highest BCUT2D eigenvalue weighted by Crippen LogP contribution is 2.30. The first-order valence-corrected chi connectivity index (χ1v) is 4.99. The number of carbonyl (C=O) groups is 1. The highest BCUT2D eigenvalue weighted by atomic mass is 16.5. The van der Waals surface area contributed by atoms with Gasteiger partial charge in [-0.2, -0.15) is 0 Å². The summed E-state index contributed by atoms with van der Waals surface area (Å²) in [5, 5.41) is 9.36. The molecule has 0 aromatic rings. The molecular formula is C10H18O3. The Morgan fingerprint density at radius 1 is 1.54 bits per heavy atom. The average molecular weight is 186 g/mol. The smallest absolute Gasteiger partial charge is 0.309 e. The van der Waals surface area contributed by atoms with Gasteiger partial charge in [-0.05, 0) is 32.1 Å². The van der Waals surface area contributed by atoms with E-state index in [4.69, 9.17) is 4.74 Å². The Bertz CT molecular complexity index is 179. The zero-order chi connectivity index (χ0) is 9.84. The van der Waals surface area contributed by atoms with Gasteiger partial charge in [-0.3, -0.25) is 4.79 Å². The van der Waals surface area contributed by atoms with Crippen molar-refractivity contribution in [1.82, 2.24) is 0 Å². The molecule has 1 N–H and O–H groups in total. The molecule has 3 nitrogen and oxygen atoms in total. The maximum atomic E-state index is 11.4. The highest BCUT2D eigenvalue weighted by Gasteiger charge is 2.32. The second-order valence-corrected chi connectivity index (χ2v) is 3.80. The van der Waals surface area contributed by atoms with Gasteiger partial charge >= 0.3 is 5.97 Å². The SMILES string of the molecule is CCOC(=O)[C@@H]1CCC(O)C[C@H]1C. The van der Waals surface area contributed by atoms with Gasteiger partial charge in [-0.1, -0.05) is 6.92 Å². The quantitative estimate of drug-likeness (QED) is 0.662. The van der Waals surface area contributed by atoms with E-state index < -0.39 is 0 Å². The van der Waals surface area contributed by atoms with Crippen molar-refractivity contribution in [2.24, 2.45) is 11.8 Å². The topological polar surface area (TPSA) is 46.5 Å². The molecule has 0 saturated heterocycles. The van der Waals surface area contributed by atoms with Crippen LogP contribution in [-0.2, 0) is 9.53 Å². The number of carbonyl (C=O) groups excluding carboxylic acids is 1. The van der Waals surface area contributed by atoms with Crippen LogP contribution >= 0.6 is 0 Å². The van der Waals surface area contributed by atoms with E-state index in [-0.39, 0.29) is 23.9 Å². The lowest BCUT2D eigenvalue weighted by Crippen LogP contribution is -2.32. The zero-order valence-corrected chi connectivity index (χ0v) is 8.32. The van der Waals surface area contributed by atoms with Crippen molar-refractivity contribution in [3.63, 3.8) is 0 Å². The maximum absolute atomic E-state index is 11.4. The molecule has 1 saturated carbocycles. The number of rotatable bonds is 2. The van der Waals surface area contributed by atoms with Crippen LogP contribution in [0.5, 0.6) is 0 Å². The Balaban J connectivity index is 2.45. The molecule has 0 bridgehead atoms. The first-order chi connectivity index (χ1) is 6.15. The monoisotopic (exact) mass is 186 g/mol. The van der Waals surface area contributed by atoms with Crippen molar-refractivity contribution in [3.05, 3.63) is 0 Å². The molecule has 0 aromatic heterocycles. The van der Waals surface area contributed by atoms with Crippen molar-refractivity contribution in [1.29, 1.82) is 0 Å². The van der Waals surface area contributed by atoms with Crippen molar-refractivity contribution in [2.75, 3.05) is 6.61 Å². The summed E-state index contributed by atoms with van der Waals surface area (Å²) in [6, 6.07) is 0. The van der Waals surface area contributed by atoms with Crippen LogP contribution in [0.4, 0.5) is 0 Å². The summed E-state index contributed by atoms with van der Waals surface area (Å²) in [5.41, 5.74) is 0. The summed E-state index contributed by atoms with van der Waals surface area (Å²) < 4.78 is 4.97. The molecule has 0 aromatic carbocycles. The largest absolute Gasteiger partial charge is 0.466 e. The lowest BCUT2D eigenvalue weighted by atomic mass is 9.79. The van der Waals surface area contributed by atoms with E-state index in [9.17, 15) is 9.90 Å². The summed E-state index contributed by atoms with van der Waals surface area (Å²) in [4.78, 5) is 11.4. The third kappa shape index (κ3) is 2.69. The molecule has 0 aliphatic heterocycles. The van der Waals surface area contributed by atoms with Gasteiger partial charge in [0.05, 0.1) is 18.6 Å². The summed E-state index contributed by atoms with van der Waals surface area (Å²) in [7, 11) is 0. The van der Waals surface area contributed by atoms with Gasteiger partial charge in [0.2, 0.25) is 0 Å². The molecule has 3 atom stereocenters. The second-order valence-electron chi connectivity index (χ2n) is 3.80.